The summed E-state index contributed by atoms with van der Waals surface area (Å²) in [5, 5.41) is 0. The van der Waals surface area contributed by atoms with Crippen molar-refractivity contribution in [2.75, 3.05) is 38.1 Å². The minimum absolute atomic E-state index is 0.879. The van der Waals surface area contributed by atoms with Crippen LogP contribution in [-0.2, 0) is 6.54 Å². The van der Waals surface area contributed by atoms with Gasteiger partial charge in [-0.3, -0.25) is 15.7 Å². The van der Waals surface area contributed by atoms with Crippen LogP contribution in [0.25, 0.3) is 0 Å². The summed E-state index contributed by atoms with van der Waals surface area (Å²) in [6.45, 7) is 13.1. The van der Waals surface area contributed by atoms with Crippen LogP contribution >= 0.6 is 0 Å². The van der Waals surface area contributed by atoms with E-state index in [2.05, 4.69) is 41.0 Å². The Kier molecular flexibility index (Phi) is 8.18. The largest absolute Gasteiger partial charge is 0.324 e. The third-order valence-corrected chi connectivity index (χ3v) is 3.66. The topological polar surface area (TPSA) is 57.4 Å². The van der Waals surface area contributed by atoms with Crippen LogP contribution in [0.4, 0.5) is 5.69 Å². The molecule has 1 heterocycles. The van der Waals surface area contributed by atoms with Gasteiger partial charge in [0.05, 0.1) is 11.4 Å². The number of hydrogen-bond donors (Lipinski definition) is 2. The van der Waals surface area contributed by atoms with Crippen LogP contribution in [-0.4, -0.2) is 47.5 Å². The second-order valence-electron chi connectivity index (χ2n) is 4.93. The number of hydrazine groups is 1. The lowest BCUT2D eigenvalue weighted by atomic mass is 10.2. The Balaban J connectivity index is 2.42. The summed E-state index contributed by atoms with van der Waals surface area (Å²) in [5.41, 5.74) is 4.64. The number of anilines is 1. The van der Waals surface area contributed by atoms with E-state index in [1.165, 1.54) is 13.0 Å². The molecule has 0 aliphatic carbocycles. The standard InChI is InChI=1S/C15H29N5/c1-4-19(5-2)10-7-11-20(6-3)13-15-12-14(18-16)8-9-17-15/h8-9,12H,4-7,10-11,13,16H2,1-3H3,(H,17,18). The van der Waals surface area contributed by atoms with E-state index in [1.54, 1.807) is 6.20 Å². The van der Waals surface area contributed by atoms with Crippen LogP contribution in [0.2, 0.25) is 0 Å². The van der Waals surface area contributed by atoms with Crippen molar-refractivity contribution in [3.05, 3.63) is 24.0 Å². The molecule has 0 aliphatic heterocycles. The second-order valence-corrected chi connectivity index (χ2v) is 4.93. The Bertz CT molecular complexity index is 365. The predicted octanol–water partition coefficient (Wildman–Crippen LogP) is 1.92. The molecule has 0 aromatic carbocycles. The zero-order valence-corrected chi connectivity index (χ0v) is 13.1. The highest BCUT2D eigenvalue weighted by atomic mass is 15.2. The molecular weight excluding hydrogens is 250 g/mol. The van der Waals surface area contributed by atoms with Crippen molar-refractivity contribution in [2.45, 2.75) is 33.7 Å². The average molecular weight is 279 g/mol. The number of nitrogens with zero attached hydrogens (tertiary/aromatic N) is 3. The lowest BCUT2D eigenvalue weighted by molar-refractivity contribution is 0.237. The van der Waals surface area contributed by atoms with E-state index in [1.807, 2.05) is 12.1 Å². The molecule has 0 amide bonds. The van der Waals surface area contributed by atoms with Crippen molar-refractivity contribution < 1.29 is 0 Å². The van der Waals surface area contributed by atoms with Gasteiger partial charge in [0.25, 0.3) is 0 Å². The van der Waals surface area contributed by atoms with Gasteiger partial charge in [-0.1, -0.05) is 20.8 Å². The molecule has 0 radical (unpaired) electrons. The first-order valence-corrected chi connectivity index (χ1v) is 7.59. The summed E-state index contributed by atoms with van der Waals surface area (Å²) in [6.07, 6.45) is 3.00. The fourth-order valence-corrected chi connectivity index (χ4v) is 2.29. The molecule has 20 heavy (non-hydrogen) atoms. The number of pyridine rings is 1. The van der Waals surface area contributed by atoms with E-state index in [4.69, 9.17) is 5.84 Å². The maximum Gasteiger partial charge on any atom is 0.0564 e. The molecule has 114 valence electrons. The number of nitrogens with one attached hydrogen (secondary N) is 1. The average Bonchev–Trinajstić information content (AvgIpc) is 2.50. The summed E-state index contributed by atoms with van der Waals surface area (Å²) in [4.78, 5) is 9.29. The summed E-state index contributed by atoms with van der Waals surface area (Å²) in [6, 6.07) is 3.88. The normalized spacial score (nSPS) is 11.3. The van der Waals surface area contributed by atoms with E-state index in [-0.39, 0.29) is 0 Å². The molecule has 1 rings (SSSR count). The number of hydrogen-bond acceptors (Lipinski definition) is 5. The van der Waals surface area contributed by atoms with E-state index in [9.17, 15) is 0 Å². The van der Waals surface area contributed by atoms with Crippen molar-refractivity contribution in [3.8, 4) is 0 Å². The van der Waals surface area contributed by atoms with Crippen LogP contribution in [0, 0.1) is 0 Å². The molecule has 5 nitrogen and oxygen atoms in total. The minimum Gasteiger partial charge on any atom is -0.324 e. The van der Waals surface area contributed by atoms with Crippen LogP contribution in [0.15, 0.2) is 18.3 Å². The van der Waals surface area contributed by atoms with Gasteiger partial charge >= 0.3 is 0 Å². The molecule has 0 spiro atoms. The van der Waals surface area contributed by atoms with Crippen molar-refractivity contribution in [1.82, 2.24) is 14.8 Å². The number of nitrogens with two attached hydrogens (primary N) is 1. The van der Waals surface area contributed by atoms with Gasteiger partial charge in [-0.15, -0.1) is 0 Å². The van der Waals surface area contributed by atoms with Crippen LogP contribution < -0.4 is 11.3 Å². The second kappa shape index (κ2) is 9.69. The van der Waals surface area contributed by atoms with Gasteiger partial charge in [0.2, 0.25) is 0 Å². The first kappa shape index (κ1) is 16.9. The van der Waals surface area contributed by atoms with Gasteiger partial charge in [0.15, 0.2) is 0 Å². The van der Waals surface area contributed by atoms with Gasteiger partial charge in [0, 0.05) is 12.7 Å². The smallest absolute Gasteiger partial charge is 0.0564 e. The molecule has 0 fully saturated rings. The first-order chi connectivity index (χ1) is 9.73. The molecule has 3 N–H and O–H groups in total. The Morgan fingerprint density at radius 2 is 1.75 bits per heavy atom. The summed E-state index contributed by atoms with van der Waals surface area (Å²) in [5.74, 6) is 5.43. The van der Waals surface area contributed by atoms with Crippen molar-refractivity contribution >= 4 is 5.69 Å². The molecule has 0 bridgehead atoms. The Labute approximate surface area is 123 Å². The molecule has 0 saturated heterocycles. The van der Waals surface area contributed by atoms with E-state index >= 15 is 0 Å². The fourth-order valence-electron chi connectivity index (χ4n) is 2.29. The lowest BCUT2D eigenvalue weighted by Gasteiger charge is -2.23. The fraction of sp³-hybridized carbons (Fsp3) is 0.667. The monoisotopic (exact) mass is 279 g/mol. The predicted molar refractivity (Wildman–Crippen MR) is 85.4 cm³/mol. The number of aromatic nitrogens is 1. The zero-order chi connectivity index (χ0) is 14.8. The van der Waals surface area contributed by atoms with Gasteiger partial charge in [-0.25, -0.2) is 0 Å². The summed E-state index contributed by atoms with van der Waals surface area (Å²) < 4.78 is 0. The van der Waals surface area contributed by atoms with Crippen LogP contribution in [0.5, 0.6) is 0 Å². The molecule has 0 unspecified atom stereocenters. The molecule has 0 atom stereocenters. The van der Waals surface area contributed by atoms with Gasteiger partial charge < -0.3 is 10.3 Å². The third kappa shape index (κ3) is 5.86. The molecule has 0 aliphatic rings. The highest BCUT2D eigenvalue weighted by Gasteiger charge is 2.06. The Hall–Kier alpha value is -1.17. The van der Waals surface area contributed by atoms with Gasteiger partial charge in [-0.05, 0) is 51.3 Å². The zero-order valence-electron chi connectivity index (χ0n) is 13.1. The van der Waals surface area contributed by atoms with E-state index in [0.717, 1.165) is 44.1 Å². The summed E-state index contributed by atoms with van der Waals surface area (Å²) in [7, 11) is 0. The van der Waals surface area contributed by atoms with Crippen LogP contribution in [0.3, 0.4) is 0 Å². The van der Waals surface area contributed by atoms with Gasteiger partial charge in [-0.2, -0.15) is 0 Å². The first-order valence-electron chi connectivity index (χ1n) is 7.59. The lowest BCUT2D eigenvalue weighted by Crippen LogP contribution is -2.30. The molecule has 0 saturated carbocycles. The third-order valence-electron chi connectivity index (χ3n) is 3.66. The Morgan fingerprint density at radius 3 is 2.35 bits per heavy atom. The quantitative estimate of drug-likeness (QED) is 0.506. The number of rotatable bonds is 10. The highest BCUT2D eigenvalue weighted by molar-refractivity contribution is 5.41. The molecule has 1 aromatic rings. The minimum atomic E-state index is 0.879. The van der Waals surface area contributed by atoms with E-state index < -0.39 is 0 Å². The Morgan fingerprint density at radius 1 is 1.10 bits per heavy atom. The summed E-state index contributed by atoms with van der Waals surface area (Å²) >= 11 is 0. The maximum atomic E-state index is 5.43. The van der Waals surface area contributed by atoms with Crippen molar-refractivity contribution in [2.24, 2.45) is 5.84 Å². The number of nitrogen functional groups attached to an aromatic ring is 1. The van der Waals surface area contributed by atoms with E-state index in [0.29, 0.717) is 0 Å². The van der Waals surface area contributed by atoms with Crippen molar-refractivity contribution in [3.63, 3.8) is 0 Å². The molecule has 1 aromatic heterocycles. The van der Waals surface area contributed by atoms with Crippen LogP contribution in [0.1, 0.15) is 32.9 Å². The SMILES string of the molecule is CCN(CC)CCCN(CC)Cc1cc(NN)ccn1. The molecule has 5 heteroatoms. The van der Waals surface area contributed by atoms with Gasteiger partial charge in [0.1, 0.15) is 0 Å². The highest BCUT2D eigenvalue weighted by Crippen LogP contribution is 2.09. The molecular formula is C15H29N5. The maximum absolute atomic E-state index is 5.43. The van der Waals surface area contributed by atoms with Crippen molar-refractivity contribution in [1.29, 1.82) is 0 Å².